The third-order valence-electron chi connectivity index (χ3n) is 2.09. The molecule has 0 radical (unpaired) electrons. The molecule has 0 spiro atoms. The monoisotopic (exact) mass is 247 g/mol. The average molecular weight is 247 g/mol. The molecule has 0 bridgehead atoms. The van der Waals surface area contributed by atoms with Crippen LogP contribution in [0.4, 0.5) is 4.79 Å². The van der Waals surface area contributed by atoms with Crippen molar-refractivity contribution in [2.45, 2.75) is 26.2 Å². The fourth-order valence-electron chi connectivity index (χ4n) is 1.44. The Balaban J connectivity index is 2.66. The van der Waals surface area contributed by atoms with E-state index in [2.05, 4.69) is 0 Å². The Morgan fingerprint density at radius 1 is 1.38 bits per heavy atom. The van der Waals surface area contributed by atoms with Gasteiger partial charge in [-0.15, -0.1) is 0 Å². The van der Waals surface area contributed by atoms with Gasteiger partial charge in [-0.2, -0.15) is 0 Å². The van der Waals surface area contributed by atoms with Gasteiger partial charge in [0.15, 0.2) is 0 Å². The molecule has 0 aromatic carbocycles. The van der Waals surface area contributed by atoms with Crippen LogP contribution in [-0.4, -0.2) is 46.2 Å². The molecule has 0 amide bonds. The summed E-state index contributed by atoms with van der Waals surface area (Å²) in [5.74, 6) is 0. The van der Waals surface area contributed by atoms with Gasteiger partial charge in [0.1, 0.15) is 0 Å². The summed E-state index contributed by atoms with van der Waals surface area (Å²) in [6.45, 7) is 3.35. The standard InChI is InChI=1S/C8H14AsNO3/c1-2-7(11)9(8(12)13)10-5-3-4-6-10/h2-6H2,1H3,(H,12,13). The number of nitrogens with zero attached hydrogens (tertiary/aromatic N) is 1. The second-order valence-corrected chi connectivity index (χ2v) is 7.35. The molecule has 1 heterocycles. The van der Waals surface area contributed by atoms with Gasteiger partial charge in [-0.25, -0.2) is 0 Å². The first-order valence-electron chi connectivity index (χ1n) is 4.47. The molecular weight excluding hydrogens is 233 g/mol. The van der Waals surface area contributed by atoms with E-state index < -0.39 is 19.6 Å². The molecule has 0 saturated carbocycles. The van der Waals surface area contributed by atoms with Crippen molar-refractivity contribution in [2.75, 3.05) is 13.1 Å². The molecule has 1 rings (SSSR count). The van der Waals surface area contributed by atoms with E-state index in [0.717, 1.165) is 25.9 Å². The van der Waals surface area contributed by atoms with Crippen LogP contribution in [0.2, 0.25) is 0 Å². The number of carbonyl (C=O) groups is 2. The summed E-state index contributed by atoms with van der Waals surface area (Å²) < 4.78 is 1.00. The molecule has 1 N–H and O–H groups in total. The van der Waals surface area contributed by atoms with Crippen LogP contribution in [0.25, 0.3) is 0 Å². The summed E-state index contributed by atoms with van der Waals surface area (Å²) in [5.41, 5.74) is 0. The van der Waals surface area contributed by atoms with Crippen LogP contribution in [0.15, 0.2) is 0 Å². The van der Waals surface area contributed by atoms with E-state index >= 15 is 0 Å². The van der Waals surface area contributed by atoms with Gasteiger partial charge >= 0.3 is 82.0 Å². The summed E-state index contributed by atoms with van der Waals surface area (Å²) in [6.07, 6.45) is 2.44. The fraction of sp³-hybridized carbons (Fsp3) is 0.750. The second kappa shape index (κ2) is 4.77. The zero-order chi connectivity index (χ0) is 9.84. The van der Waals surface area contributed by atoms with Gasteiger partial charge < -0.3 is 0 Å². The first-order chi connectivity index (χ1) is 6.16. The van der Waals surface area contributed by atoms with Gasteiger partial charge in [0.05, 0.1) is 0 Å². The third-order valence-corrected chi connectivity index (χ3v) is 6.53. The minimum absolute atomic E-state index is 0.0399. The van der Waals surface area contributed by atoms with Gasteiger partial charge in [0.25, 0.3) is 0 Å². The molecule has 74 valence electrons. The second-order valence-electron chi connectivity index (χ2n) is 3.00. The number of carboxylic acid groups (broad SMARTS) is 1. The summed E-state index contributed by atoms with van der Waals surface area (Å²) in [4.78, 5) is 22.3. The Morgan fingerprint density at radius 2 is 1.92 bits per heavy atom. The molecule has 1 atom stereocenters. The van der Waals surface area contributed by atoms with E-state index in [1.807, 2.05) is 3.82 Å². The van der Waals surface area contributed by atoms with Gasteiger partial charge in [0.2, 0.25) is 0 Å². The summed E-state index contributed by atoms with van der Waals surface area (Å²) in [5, 5.41) is 8.94. The van der Waals surface area contributed by atoms with Crippen LogP contribution in [-0.2, 0) is 4.79 Å². The van der Waals surface area contributed by atoms with E-state index in [9.17, 15) is 9.59 Å². The Kier molecular flexibility index (Phi) is 3.94. The quantitative estimate of drug-likeness (QED) is 0.748. The molecule has 0 aliphatic carbocycles. The zero-order valence-corrected chi connectivity index (χ0v) is 9.57. The van der Waals surface area contributed by atoms with Crippen LogP contribution in [0.3, 0.4) is 0 Å². The molecule has 13 heavy (non-hydrogen) atoms. The van der Waals surface area contributed by atoms with Crippen molar-refractivity contribution in [3.05, 3.63) is 0 Å². The maximum absolute atomic E-state index is 11.4. The van der Waals surface area contributed by atoms with Crippen molar-refractivity contribution in [3.63, 3.8) is 0 Å². The third kappa shape index (κ3) is 2.55. The summed E-state index contributed by atoms with van der Waals surface area (Å²) >= 11 is -2.41. The molecule has 0 aromatic rings. The van der Waals surface area contributed by atoms with Gasteiger partial charge in [-0.05, 0) is 0 Å². The average Bonchev–Trinajstić information content (AvgIpc) is 2.56. The van der Waals surface area contributed by atoms with Crippen LogP contribution in [0.1, 0.15) is 26.2 Å². The molecule has 0 aromatic heterocycles. The number of rotatable bonds is 4. The van der Waals surface area contributed by atoms with Gasteiger partial charge in [-0.3, -0.25) is 0 Å². The minimum atomic E-state index is -2.41. The number of hydrogen-bond acceptors (Lipinski definition) is 3. The SMILES string of the molecule is CCC(=O)[As](C(=O)O)N1CCCC1. The fourth-order valence-corrected chi connectivity index (χ4v) is 5.11. The Morgan fingerprint density at radius 3 is 2.31 bits per heavy atom. The summed E-state index contributed by atoms with van der Waals surface area (Å²) in [7, 11) is 0. The molecule has 1 aliphatic rings. The predicted octanol–water partition coefficient (Wildman–Crippen LogP) is 0.852. The van der Waals surface area contributed by atoms with Crippen LogP contribution in [0, 0.1) is 0 Å². The predicted molar refractivity (Wildman–Crippen MR) is 49.9 cm³/mol. The first-order valence-corrected chi connectivity index (χ1v) is 7.19. The van der Waals surface area contributed by atoms with Crippen molar-refractivity contribution in [1.29, 1.82) is 0 Å². The molecule has 1 aliphatic heterocycles. The number of hydrogen-bond donors (Lipinski definition) is 1. The van der Waals surface area contributed by atoms with Gasteiger partial charge in [-0.1, -0.05) is 0 Å². The van der Waals surface area contributed by atoms with E-state index in [-0.39, 0.29) is 4.57 Å². The van der Waals surface area contributed by atoms with E-state index in [1.165, 1.54) is 0 Å². The van der Waals surface area contributed by atoms with E-state index in [4.69, 9.17) is 5.11 Å². The first kappa shape index (κ1) is 10.7. The Labute approximate surface area is 82.4 Å². The van der Waals surface area contributed by atoms with E-state index in [0.29, 0.717) is 6.42 Å². The zero-order valence-electron chi connectivity index (χ0n) is 7.69. The normalized spacial score (nSPS) is 20.1. The van der Waals surface area contributed by atoms with Crippen LogP contribution < -0.4 is 0 Å². The van der Waals surface area contributed by atoms with Gasteiger partial charge in [0, 0.05) is 0 Å². The molecular formula is C8H14AsNO3. The van der Waals surface area contributed by atoms with Crippen molar-refractivity contribution < 1.29 is 14.7 Å². The van der Waals surface area contributed by atoms with Crippen LogP contribution in [0.5, 0.6) is 0 Å². The topological polar surface area (TPSA) is 57.6 Å². The maximum atomic E-state index is 11.4. The Bertz CT molecular complexity index is 213. The molecule has 1 unspecified atom stereocenters. The van der Waals surface area contributed by atoms with Crippen molar-refractivity contribution in [1.82, 2.24) is 3.82 Å². The molecule has 1 saturated heterocycles. The van der Waals surface area contributed by atoms with Crippen molar-refractivity contribution >= 4 is 24.2 Å². The van der Waals surface area contributed by atoms with Crippen molar-refractivity contribution in [3.8, 4) is 0 Å². The van der Waals surface area contributed by atoms with Crippen molar-refractivity contribution in [2.24, 2.45) is 0 Å². The number of carbonyl (C=O) groups excluding carboxylic acids is 1. The van der Waals surface area contributed by atoms with E-state index in [1.54, 1.807) is 6.92 Å². The van der Waals surface area contributed by atoms with Crippen LogP contribution >= 0.6 is 0 Å². The Hall–Kier alpha value is -0.342. The summed E-state index contributed by atoms with van der Waals surface area (Å²) in [6, 6.07) is 0. The molecule has 4 nitrogen and oxygen atoms in total. The molecule has 1 fully saturated rings. The molecule has 5 heteroatoms.